The maximum absolute atomic E-state index is 11.0. The van der Waals surface area contributed by atoms with Gasteiger partial charge in [0.2, 0.25) is 0 Å². The summed E-state index contributed by atoms with van der Waals surface area (Å²) in [7, 11) is 0. The van der Waals surface area contributed by atoms with Crippen LogP contribution in [0.5, 0.6) is 5.75 Å². The number of hydrogen-bond donors (Lipinski definition) is 1. The van der Waals surface area contributed by atoms with E-state index in [1.807, 2.05) is 6.07 Å². The molecule has 106 valence electrons. The minimum atomic E-state index is -1.07. The summed E-state index contributed by atoms with van der Waals surface area (Å²) in [6, 6.07) is 7.23. The first-order chi connectivity index (χ1) is 10.0. The van der Waals surface area contributed by atoms with Crippen LogP contribution in [0.25, 0.3) is 0 Å². The largest absolute Gasteiger partial charge is 0.482 e. The molecule has 1 aromatic heterocycles. The molecule has 0 spiro atoms. The van der Waals surface area contributed by atoms with E-state index in [4.69, 9.17) is 15.1 Å². The Hall–Kier alpha value is -2.92. The van der Waals surface area contributed by atoms with Gasteiger partial charge in [-0.25, -0.2) is 4.79 Å². The first-order valence-electron chi connectivity index (χ1n) is 5.64. The molecule has 0 atom stereocenters. The fourth-order valence-electron chi connectivity index (χ4n) is 1.64. The van der Waals surface area contributed by atoms with Gasteiger partial charge in [-0.1, -0.05) is 0 Å². The van der Waals surface area contributed by atoms with E-state index in [1.54, 1.807) is 11.4 Å². The van der Waals surface area contributed by atoms with Gasteiger partial charge in [-0.15, -0.1) is 11.3 Å². The molecular formula is C13H8N2O5S. The summed E-state index contributed by atoms with van der Waals surface area (Å²) < 4.78 is 5.33. The lowest BCUT2D eigenvalue weighted by Gasteiger charge is -2.06. The Bertz CT molecular complexity index is 747. The zero-order valence-corrected chi connectivity index (χ0v) is 11.3. The fraction of sp³-hybridized carbons (Fsp3) is 0.0769. The predicted molar refractivity (Wildman–Crippen MR) is 73.4 cm³/mol. The van der Waals surface area contributed by atoms with E-state index in [-0.39, 0.29) is 28.5 Å². The third-order valence-corrected chi connectivity index (χ3v) is 3.55. The standard InChI is InChI=1S/C13H8N2O5S/c14-6-8-1-2-11(10(5-8)15(18)19)20-7-9-3-4-21-12(9)13(16)17/h1-5H,7H2,(H,16,17). The van der Waals surface area contributed by atoms with E-state index < -0.39 is 10.9 Å². The third-order valence-electron chi connectivity index (χ3n) is 2.61. The minimum Gasteiger partial charge on any atom is -0.482 e. The van der Waals surface area contributed by atoms with Crippen molar-refractivity contribution in [3.05, 3.63) is 55.8 Å². The lowest BCUT2D eigenvalue weighted by Crippen LogP contribution is -2.03. The average Bonchev–Trinajstić information content (AvgIpc) is 2.93. The number of ether oxygens (including phenoxy) is 1. The van der Waals surface area contributed by atoms with Crippen LogP contribution in [0.3, 0.4) is 0 Å². The van der Waals surface area contributed by atoms with Gasteiger partial charge in [-0.2, -0.15) is 5.26 Å². The zero-order valence-electron chi connectivity index (χ0n) is 10.5. The van der Waals surface area contributed by atoms with Crippen molar-refractivity contribution in [2.24, 2.45) is 0 Å². The Morgan fingerprint density at radius 3 is 2.86 bits per heavy atom. The highest BCUT2D eigenvalue weighted by atomic mass is 32.1. The van der Waals surface area contributed by atoms with Crippen LogP contribution in [0.2, 0.25) is 0 Å². The monoisotopic (exact) mass is 304 g/mol. The second kappa shape index (κ2) is 6.02. The molecular weight excluding hydrogens is 296 g/mol. The summed E-state index contributed by atoms with van der Waals surface area (Å²) >= 11 is 1.05. The van der Waals surface area contributed by atoms with Crippen LogP contribution in [0.1, 0.15) is 20.8 Å². The van der Waals surface area contributed by atoms with Crippen molar-refractivity contribution in [2.45, 2.75) is 6.61 Å². The Labute approximate surface area is 122 Å². The average molecular weight is 304 g/mol. The van der Waals surface area contributed by atoms with Gasteiger partial charge >= 0.3 is 11.7 Å². The van der Waals surface area contributed by atoms with E-state index in [0.29, 0.717) is 5.56 Å². The molecule has 8 heteroatoms. The number of nitriles is 1. The number of rotatable bonds is 5. The SMILES string of the molecule is N#Cc1ccc(OCc2ccsc2C(=O)O)c([N+](=O)[O-])c1. The van der Waals surface area contributed by atoms with E-state index in [9.17, 15) is 14.9 Å². The van der Waals surface area contributed by atoms with E-state index in [0.717, 1.165) is 17.4 Å². The van der Waals surface area contributed by atoms with Gasteiger partial charge in [0.05, 0.1) is 16.6 Å². The summed E-state index contributed by atoms with van der Waals surface area (Å²) in [5, 5.41) is 30.3. The number of hydrogen-bond acceptors (Lipinski definition) is 6. The molecule has 0 aliphatic heterocycles. The van der Waals surface area contributed by atoms with Crippen LogP contribution in [0.4, 0.5) is 5.69 Å². The minimum absolute atomic E-state index is 0.0125. The van der Waals surface area contributed by atoms with Crippen LogP contribution in [0, 0.1) is 21.4 Å². The van der Waals surface area contributed by atoms with Crippen LogP contribution in [-0.4, -0.2) is 16.0 Å². The molecule has 21 heavy (non-hydrogen) atoms. The predicted octanol–water partition coefficient (Wildman–Crippen LogP) is 2.81. The number of carbonyl (C=O) groups is 1. The molecule has 1 N–H and O–H groups in total. The molecule has 0 unspecified atom stereocenters. The molecule has 2 rings (SSSR count). The fourth-order valence-corrected chi connectivity index (χ4v) is 2.39. The van der Waals surface area contributed by atoms with Gasteiger partial charge in [0.15, 0.2) is 5.75 Å². The third kappa shape index (κ3) is 3.16. The Kier molecular flexibility index (Phi) is 4.15. The van der Waals surface area contributed by atoms with Crippen molar-refractivity contribution in [1.82, 2.24) is 0 Å². The van der Waals surface area contributed by atoms with E-state index >= 15 is 0 Å². The summed E-state index contributed by atoms with van der Waals surface area (Å²) in [5.41, 5.74) is 0.253. The summed E-state index contributed by atoms with van der Waals surface area (Å²) in [4.78, 5) is 21.4. The van der Waals surface area contributed by atoms with Crippen LogP contribution in [0.15, 0.2) is 29.6 Å². The number of thiophene rings is 1. The van der Waals surface area contributed by atoms with Gasteiger partial charge in [-0.3, -0.25) is 10.1 Å². The quantitative estimate of drug-likeness (QED) is 0.671. The van der Waals surface area contributed by atoms with Gasteiger partial charge < -0.3 is 9.84 Å². The zero-order chi connectivity index (χ0) is 15.4. The molecule has 0 amide bonds. The van der Waals surface area contributed by atoms with Gasteiger partial charge in [0, 0.05) is 11.6 Å². The molecule has 0 saturated heterocycles. The Morgan fingerprint density at radius 2 is 2.24 bits per heavy atom. The molecule has 1 heterocycles. The number of nitro groups is 1. The summed E-state index contributed by atoms with van der Waals surface area (Å²) in [6.45, 7) is -0.0993. The van der Waals surface area contributed by atoms with Gasteiger partial charge in [-0.05, 0) is 23.6 Å². The molecule has 1 aromatic carbocycles. The van der Waals surface area contributed by atoms with Crippen molar-refractivity contribution < 1.29 is 19.6 Å². The molecule has 0 aliphatic rings. The van der Waals surface area contributed by atoms with Crippen LogP contribution in [-0.2, 0) is 6.61 Å². The first kappa shape index (κ1) is 14.5. The highest BCUT2D eigenvalue weighted by Crippen LogP contribution is 2.29. The molecule has 0 saturated carbocycles. The number of carboxylic acids is 1. The molecule has 0 aliphatic carbocycles. The number of nitrogens with zero attached hydrogens (tertiary/aromatic N) is 2. The molecule has 2 aromatic rings. The highest BCUT2D eigenvalue weighted by molar-refractivity contribution is 7.12. The molecule has 7 nitrogen and oxygen atoms in total. The van der Waals surface area contributed by atoms with Crippen molar-refractivity contribution in [3.63, 3.8) is 0 Å². The van der Waals surface area contributed by atoms with Crippen molar-refractivity contribution in [2.75, 3.05) is 0 Å². The number of aromatic carboxylic acids is 1. The van der Waals surface area contributed by atoms with Crippen molar-refractivity contribution in [1.29, 1.82) is 5.26 Å². The van der Waals surface area contributed by atoms with Gasteiger partial charge in [0.1, 0.15) is 11.5 Å². The maximum Gasteiger partial charge on any atom is 0.346 e. The van der Waals surface area contributed by atoms with Crippen molar-refractivity contribution in [3.8, 4) is 11.8 Å². The van der Waals surface area contributed by atoms with Crippen LogP contribution < -0.4 is 4.74 Å². The lowest BCUT2D eigenvalue weighted by molar-refractivity contribution is -0.386. The molecule has 0 bridgehead atoms. The van der Waals surface area contributed by atoms with E-state index in [1.165, 1.54) is 12.1 Å². The second-order valence-corrected chi connectivity index (χ2v) is 4.84. The normalized spacial score (nSPS) is 9.86. The molecule has 0 radical (unpaired) electrons. The maximum atomic E-state index is 11.0. The van der Waals surface area contributed by atoms with Gasteiger partial charge in [0.25, 0.3) is 0 Å². The van der Waals surface area contributed by atoms with Crippen LogP contribution >= 0.6 is 11.3 Å². The smallest absolute Gasteiger partial charge is 0.346 e. The Balaban J connectivity index is 2.24. The topological polar surface area (TPSA) is 113 Å². The number of benzene rings is 1. The number of nitro benzene ring substituents is 1. The Morgan fingerprint density at radius 1 is 1.48 bits per heavy atom. The summed E-state index contributed by atoms with van der Waals surface area (Å²) in [5.74, 6) is -1.08. The first-order valence-corrected chi connectivity index (χ1v) is 6.52. The highest BCUT2D eigenvalue weighted by Gasteiger charge is 2.18. The molecule has 0 fully saturated rings. The number of carboxylic acid groups (broad SMARTS) is 1. The van der Waals surface area contributed by atoms with E-state index in [2.05, 4.69) is 0 Å². The lowest BCUT2D eigenvalue weighted by atomic mass is 10.2. The van der Waals surface area contributed by atoms with Crippen molar-refractivity contribution >= 4 is 23.0 Å². The second-order valence-electron chi connectivity index (χ2n) is 3.92. The summed E-state index contributed by atoms with van der Waals surface area (Å²) in [6.07, 6.45) is 0.